The van der Waals surface area contributed by atoms with Gasteiger partial charge < -0.3 is 9.47 Å². The average molecular weight is 281 g/mol. The van der Waals surface area contributed by atoms with Crippen molar-refractivity contribution >= 4 is 11.6 Å². The third-order valence-corrected chi connectivity index (χ3v) is 2.93. The van der Waals surface area contributed by atoms with Gasteiger partial charge in [-0.05, 0) is 19.1 Å². The smallest absolute Gasteiger partial charge is 0.166 e. The molecule has 0 aliphatic rings. The van der Waals surface area contributed by atoms with Crippen LogP contribution in [0.4, 0.5) is 0 Å². The molecule has 0 amide bonds. The van der Waals surface area contributed by atoms with Crippen LogP contribution >= 0.6 is 11.6 Å². The number of nitrogens with zero attached hydrogens (tertiary/aromatic N) is 2. The molecule has 0 saturated carbocycles. The molecule has 4 nitrogen and oxygen atoms in total. The molecule has 102 valence electrons. The largest absolute Gasteiger partial charge is 0.490 e. The summed E-state index contributed by atoms with van der Waals surface area (Å²) in [6.07, 6.45) is 1.88. The maximum absolute atomic E-state index is 5.93. The number of rotatable bonds is 6. The van der Waals surface area contributed by atoms with Crippen LogP contribution in [0.1, 0.15) is 18.2 Å². The minimum atomic E-state index is 0.387. The van der Waals surface area contributed by atoms with E-state index in [-0.39, 0.29) is 0 Å². The fraction of sp³-hybridized carbons (Fsp3) is 0.357. The highest BCUT2D eigenvalue weighted by molar-refractivity contribution is 6.17. The Bertz CT molecular complexity index is 540. The molecular weight excluding hydrogens is 264 g/mol. The van der Waals surface area contributed by atoms with E-state index in [0.717, 1.165) is 17.0 Å². The van der Waals surface area contributed by atoms with Crippen LogP contribution in [-0.4, -0.2) is 16.4 Å². The van der Waals surface area contributed by atoms with Crippen LogP contribution in [-0.2, 0) is 19.5 Å². The van der Waals surface area contributed by atoms with Gasteiger partial charge >= 0.3 is 0 Å². The van der Waals surface area contributed by atoms with Gasteiger partial charge in [0, 0.05) is 18.8 Å². The number of halogens is 1. The van der Waals surface area contributed by atoms with Crippen LogP contribution in [0.2, 0.25) is 0 Å². The molecule has 0 fully saturated rings. The number of alkyl halides is 1. The lowest BCUT2D eigenvalue weighted by atomic mass is 10.2. The van der Waals surface area contributed by atoms with Crippen molar-refractivity contribution in [2.75, 3.05) is 6.61 Å². The number of aryl methyl sites for hydroxylation is 1. The first-order valence-corrected chi connectivity index (χ1v) is 6.70. The van der Waals surface area contributed by atoms with Crippen molar-refractivity contribution in [1.29, 1.82) is 0 Å². The van der Waals surface area contributed by atoms with E-state index in [4.69, 9.17) is 21.1 Å². The van der Waals surface area contributed by atoms with Crippen LogP contribution in [0.15, 0.2) is 30.5 Å². The Labute approximate surface area is 117 Å². The monoisotopic (exact) mass is 280 g/mol. The molecule has 0 N–H and O–H groups in total. The van der Waals surface area contributed by atoms with Crippen LogP contribution in [0.25, 0.3) is 0 Å². The van der Waals surface area contributed by atoms with Gasteiger partial charge in [-0.2, -0.15) is 5.10 Å². The Morgan fingerprint density at radius 2 is 2.11 bits per heavy atom. The molecule has 5 heteroatoms. The van der Waals surface area contributed by atoms with Crippen molar-refractivity contribution in [2.24, 2.45) is 7.05 Å². The van der Waals surface area contributed by atoms with E-state index < -0.39 is 0 Å². The zero-order valence-electron chi connectivity index (χ0n) is 11.1. The third kappa shape index (κ3) is 3.41. The zero-order valence-corrected chi connectivity index (χ0v) is 11.9. The molecule has 0 atom stereocenters. The number of para-hydroxylation sites is 1. The zero-order chi connectivity index (χ0) is 13.7. The molecule has 0 aliphatic heterocycles. The second kappa shape index (κ2) is 6.48. The van der Waals surface area contributed by atoms with Gasteiger partial charge in [-0.25, -0.2) is 0 Å². The molecule has 2 aromatic rings. The molecule has 2 rings (SSSR count). The van der Waals surface area contributed by atoms with Crippen molar-refractivity contribution in [1.82, 2.24) is 9.78 Å². The number of hydrogen-bond acceptors (Lipinski definition) is 3. The lowest BCUT2D eigenvalue weighted by Crippen LogP contribution is -2.03. The summed E-state index contributed by atoms with van der Waals surface area (Å²) in [4.78, 5) is 0. The predicted molar refractivity (Wildman–Crippen MR) is 74.7 cm³/mol. The maximum Gasteiger partial charge on any atom is 0.166 e. The fourth-order valence-electron chi connectivity index (χ4n) is 1.79. The van der Waals surface area contributed by atoms with Crippen LogP contribution in [0.5, 0.6) is 11.5 Å². The molecule has 0 unspecified atom stereocenters. The fourth-order valence-corrected chi connectivity index (χ4v) is 2.00. The highest BCUT2D eigenvalue weighted by Crippen LogP contribution is 2.32. The molecule has 0 aliphatic carbocycles. The summed E-state index contributed by atoms with van der Waals surface area (Å²) in [5.41, 5.74) is 1.79. The summed E-state index contributed by atoms with van der Waals surface area (Å²) >= 11 is 5.93. The SMILES string of the molecule is CCOc1cccc(CCl)c1OCc1ccn(C)n1. The lowest BCUT2D eigenvalue weighted by Gasteiger charge is -2.14. The standard InChI is InChI=1S/C14H17ClN2O2/c1-3-18-13-6-4-5-11(9-15)14(13)19-10-12-7-8-17(2)16-12/h4-8H,3,9-10H2,1-2H3. The second-order valence-electron chi connectivity index (χ2n) is 4.08. The highest BCUT2D eigenvalue weighted by atomic mass is 35.5. The summed E-state index contributed by atoms with van der Waals surface area (Å²) < 4.78 is 13.1. The number of hydrogen-bond donors (Lipinski definition) is 0. The Balaban J connectivity index is 2.17. The van der Waals surface area contributed by atoms with E-state index in [2.05, 4.69) is 5.10 Å². The minimum absolute atomic E-state index is 0.387. The van der Waals surface area contributed by atoms with Crippen molar-refractivity contribution in [3.63, 3.8) is 0 Å². The topological polar surface area (TPSA) is 36.3 Å². The van der Waals surface area contributed by atoms with Gasteiger partial charge in [0.15, 0.2) is 11.5 Å². The van der Waals surface area contributed by atoms with E-state index >= 15 is 0 Å². The first-order chi connectivity index (χ1) is 9.24. The van der Waals surface area contributed by atoms with Gasteiger partial charge in [-0.3, -0.25) is 4.68 Å². The Morgan fingerprint density at radius 3 is 2.74 bits per heavy atom. The van der Waals surface area contributed by atoms with Gasteiger partial charge in [-0.1, -0.05) is 12.1 Å². The summed E-state index contributed by atoms with van der Waals surface area (Å²) in [6, 6.07) is 7.65. The molecular formula is C14H17ClN2O2. The molecule has 0 saturated heterocycles. The Morgan fingerprint density at radius 1 is 1.26 bits per heavy atom. The summed E-state index contributed by atoms with van der Waals surface area (Å²) in [6.45, 7) is 2.93. The Hall–Kier alpha value is -1.68. The van der Waals surface area contributed by atoms with Crippen LogP contribution in [0, 0.1) is 0 Å². The first kappa shape index (κ1) is 13.7. The summed E-state index contributed by atoms with van der Waals surface area (Å²) in [5.74, 6) is 1.81. The van der Waals surface area contributed by atoms with Gasteiger partial charge in [0.25, 0.3) is 0 Å². The van der Waals surface area contributed by atoms with E-state index in [9.17, 15) is 0 Å². The molecule has 1 aromatic heterocycles. The van der Waals surface area contributed by atoms with Gasteiger partial charge in [-0.15, -0.1) is 11.6 Å². The number of aromatic nitrogens is 2. The molecule has 0 bridgehead atoms. The van der Waals surface area contributed by atoms with E-state index in [1.54, 1.807) is 4.68 Å². The highest BCUT2D eigenvalue weighted by Gasteiger charge is 2.11. The predicted octanol–water partition coefficient (Wildman–Crippen LogP) is 3.14. The normalized spacial score (nSPS) is 10.5. The molecule has 19 heavy (non-hydrogen) atoms. The van der Waals surface area contributed by atoms with Crippen LogP contribution < -0.4 is 9.47 Å². The van der Waals surface area contributed by atoms with Crippen molar-refractivity contribution in [3.8, 4) is 11.5 Å². The number of ether oxygens (including phenoxy) is 2. The first-order valence-electron chi connectivity index (χ1n) is 6.16. The van der Waals surface area contributed by atoms with Gasteiger partial charge in [0.2, 0.25) is 0 Å². The second-order valence-corrected chi connectivity index (χ2v) is 4.35. The van der Waals surface area contributed by atoms with Crippen molar-refractivity contribution in [2.45, 2.75) is 19.4 Å². The summed E-state index contributed by atoms with van der Waals surface area (Å²) in [5, 5.41) is 4.27. The van der Waals surface area contributed by atoms with Crippen molar-refractivity contribution < 1.29 is 9.47 Å². The van der Waals surface area contributed by atoms with E-state index in [1.165, 1.54) is 0 Å². The van der Waals surface area contributed by atoms with Gasteiger partial charge in [0.1, 0.15) is 6.61 Å². The molecule has 1 heterocycles. The lowest BCUT2D eigenvalue weighted by molar-refractivity contribution is 0.264. The average Bonchev–Trinajstić information content (AvgIpc) is 2.83. The third-order valence-electron chi connectivity index (χ3n) is 2.64. The molecule has 0 spiro atoms. The molecule has 0 radical (unpaired) electrons. The van der Waals surface area contributed by atoms with Gasteiger partial charge in [0.05, 0.1) is 18.2 Å². The Kier molecular flexibility index (Phi) is 4.68. The van der Waals surface area contributed by atoms with Crippen LogP contribution in [0.3, 0.4) is 0 Å². The quantitative estimate of drug-likeness (QED) is 0.763. The number of benzene rings is 1. The maximum atomic E-state index is 5.93. The summed E-state index contributed by atoms with van der Waals surface area (Å²) in [7, 11) is 1.88. The van der Waals surface area contributed by atoms with E-state index in [1.807, 2.05) is 44.4 Å². The minimum Gasteiger partial charge on any atom is -0.490 e. The van der Waals surface area contributed by atoms with E-state index in [0.29, 0.717) is 24.8 Å². The molecule has 1 aromatic carbocycles. The van der Waals surface area contributed by atoms with Crippen molar-refractivity contribution in [3.05, 3.63) is 41.7 Å².